The van der Waals surface area contributed by atoms with Crippen molar-refractivity contribution in [3.8, 4) is 17.2 Å². The van der Waals surface area contributed by atoms with Crippen molar-refractivity contribution < 1.29 is 14.2 Å². The van der Waals surface area contributed by atoms with Crippen LogP contribution in [0, 0.1) is 0 Å². The van der Waals surface area contributed by atoms with E-state index in [1.54, 1.807) is 21.3 Å². The zero-order valence-corrected chi connectivity index (χ0v) is 21.8. The van der Waals surface area contributed by atoms with Crippen molar-refractivity contribution in [2.75, 3.05) is 61.1 Å². The van der Waals surface area contributed by atoms with Gasteiger partial charge in [-0.15, -0.1) is 24.0 Å². The van der Waals surface area contributed by atoms with Crippen molar-refractivity contribution in [1.82, 2.24) is 15.1 Å². The Bertz CT molecular complexity index is 856. The van der Waals surface area contributed by atoms with E-state index in [-0.39, 0.29) is 24.0 Å². The Morgan fingerprint density at radius 1 is 0.906 bits per heavy atom. The number of rotatable bonds is 8. The molecule has 2 aromatic rings. The summed E-state index contributed by atoms with van der Waals surface area (Å²) >= 11 is 0. The molecule has 0 aromatic heterocycles. The van der Waals surface area contributed by atoms with Gasteiger partial charge in [-0.05, 0) is 18.1 Å². The molecule has 0 amide bonds. The molecule has 1 N–H and O–H groups in total. The minimum absolute atomic E-state index is 0. The fourth-order valence-electron chi connectivity index (χ4n) is 3.96. The number of piperazine rings is 1. The summed E-state index contributed by atoms with van der Waals surface area (Å²) in [5, 5.41) is 3.50. The van der Waals surface area contributed by atoms with Crippen LogP contribution < -0.4 is 19.5 Å². The fraction of sp³-hybridized carbons (Fsp3) is 0.458. The second-order valence-electron chi connectivity index (χ2n) is 7.47. The van der Waals surface area contributed by atoms with E-state index >= 15 is 0 Å². The van der Waals surface area contributed by atoms with Gasteiger partial charge in [0.2, 0.25) is 5.75 Å². The minimum atomic E-state index is 0. The van der Waals surface area contributed by atoms with Crippen molar-refractivity contribution in [3.05, 3.63) is 53.6 Å². The maximum absolute atomic E-state index is 5.59. The number of nitrogens with one attached hydrogen (secondary N) is 1. The smallest absolute Gasteiger partial charge is 0.203 e. The van der Waals surface area contributed by atoms with Crippen LogP contribution in [-0.2, 0) is 13.0 Å². The van der Waals surface area contributed by atoms with Crippen LogP contribution in [-0.4, -0.2) is 76.9 Å². The number of benzene rings is 2. The molecule has 0 saturated carbocycles. The molecule has 1 aliphatic rings. The molecule has 0 radical (unpaired) electrons. The third-order valence-electron chi connectivity index (χ3n) is 5.60. The van der Waals surface area contributed by atoms with Gasteiger partial charge in [-0.1, -0.05) is 36.4 Å². The lowest BCUT2D eigenvalue weighted by Crippen LogP contribution is -2.52. The molecule has 32 heavy (non-hydrogen) atoms. The molecule has 8 heteroatoms. The fourth-order valence-corrected chi connectivity index (χ4v) is 3.96. The number of aliphatic imine (C=N–C) groups is 1. The Morgan fingerprint density at radius 3 is 2.19 bits per heavy atom. The summed E-state index contributed by atoms with van der Waals surface area (Å²) in [6, 6.07) is 14.6. The zero-order valence-electron chi connectivity index (χ0n) is 19.5. The van der Waals surface area contributed by atoms with Crippen LogP contribution in [0.5, 0.6) is 17.2 Å². The van der Waals surface area contributed by atoms with Crippen LogP contribution in [0.1, 0.15) is 11.1 Å². The van der Waals surface area contributed by atoms with Crippen LogP contribution in [0.25, 0.3) is 0 Å². The van der Waals surface area contributed by atoms with Gasteiger partial charge >= 0.3 is 0 Å². The van der Waals surface area contributed by atoms with E-state index in [0.717, 1.165) is 57.2 Å². The molecule has 1 aliphatic heterocycles. The largest absolute Gasteiger partial charge is 0.493 e. The molecule has 3 rings (SSSR count). The minimum Gasteiger partial charge on any atom is -0.493 e. The normalized spacial score (nSPS) is 14.5. The highest BCUT2D eigenvalue weighted by molar-refractivity contribution is 14.0. The Morgan fingerprint density at radius 2 is 1.59 bits per heavy atom. The summed E-state index contributed by atoms with van der Waals surface area (Å²) < 4.78 is 16.4. The summed E-state index contributed by atoms with van der Waals surface area (Å²) in [6.07, 6.45) is 0.788. The van der Waals surface area contributed by atoms with Gasteiger partial charge in [-0.3, -0.25) is 9.89 Å². The van der Waals surface area contributed by atoms with Crippen LogP contribution in [0.15, 0.2) is 47.5 Å². The van der Waals surface area contributed by atoms with Crippen LogP contribution in [0.3, 0.4) is 0 Å². The second-order valence-corrected chi connectivity index (χ2v) is 7.47. The van der Waals surface area contributed by atoms with E-state index in [0.29, 0.717) is 17.2 Å². The Labute approximate surface area is 208 Å². The van der Waals surface area contributed by atoms with E-state index in [4.69, 9.17) is 14.2 Å². The van der Waals surface area contributed by atoms with E-state index in [1.165, 1.54) is 5.56 Å². The van der Waals surface area contributed by atoms with Gasteiger partial charge in [0.05, 0.1) is 21.3 Å². The number of nitrogens with zero attached hydrogens (tertiary/aromatic N) is 3. The predicted molar refractivity (Wildman–Crippen MR) is 140 cm³/mol. The van der Waals surface area contributed by atoms with Crippen LogP contribution >= 0.6 is 24.0 Å². The highest BCUT2D eigenvalue weighted by Crippen LogP contribution is 2.39. The van der Waals surface area contributed by atoms with Gasteiger partial charge < -0.3 is 24.4 Å². The predicted octanol–water partition coefficient (Wildman–Crippen LogP) is 3.27. The first-order chi connectivity index (χ1) is 15.2. The number of methoxy groups -OCH3 is 3. The summed E-state index contributed by atoms with van der Waals surface area (Å²) in [4.78, 5) is 9.31. The highest BCUT2D eigenvalue weighted by Gasteiger charge is 2.20. The lowest BCUT2D eigenvalue weighted by molar-refractivity contribution is 0.172. The maximum atomic E-state index is 5.59. The SMILES string of the molecule is CN=C(NCCc1ccc(OC)c(OC)c1OC)N1CCN(Cc2ccccc2)CC1.I. The number of hydrogen-bond acceptors (Lipinski definition) is 5. The van der Waals surface area contributed by atoms with Crippen molar-refractivity contribution >= 4 is 29.9 Å². The first kappa shape index (κ1) is 26.1. The molecule has 0 bridgehead atoms. The molecule has 1 fully saturated rings. The molecular weight excluding hydrogens is 519 g/mol. The zero-order chi connectivity index (χ0) is 22.1. The van der Waals surface area contributed by atoms with Crippen LogP contribution in [0.4, 0.5) is 0 Å². The van der Waals surface area contributed by atoms with Crippen molar-refractivity contribution in [2.24, 2.45) is 4.99 Å². The van der Waals surface area contributed by atoms with E-state index in [9.17, 15) is 0 Å². The molecule has 7 nitrogen and oxygen atoms in total. The Hall–Kier alpha value is -2.20. The lowest BCUT2D eigenvalue weighted by atomic mass is 10.1. The standard InChI is InChI=1S/C24H34N4O3.HI/c1-25-24(28-16-14-27(15-17-28)18-19-8-6-5-7-9-19)26-13-12-20-10-11-21(29-2)23(31-4)22(20)30-3;/h5-11H,12-18H2,1-4H3,(H,25,26);1H. The van der Waals surface area contributed by atoms with Gasteiger partial charge in [0, 0.05) is 51.9 Å². The Balaban J connectivity index is 0.00000363. The molecule has 1 saturated heterocycles. The van der Waals surface area contributed by atoms with Crippen molar-refractivity contribution in [2.45, 2.75) is 13.0 Å². The quantitative estimate of drug-likeness (QED) is 0.307. The first-order valence-corrected chi connectivity index (χ1v) is 10.7. The molecule has 0 spiro atoms. The monoisotopic (exact) mass is 554 g/mol. The van der Waals surface area contributed by atoms with Gasteiger partial charge in [0.1, 0.15) is 0 Å². The topological polar surface area (TPSA) is 58.6 Å². The van der Waals surface area contributed by atoms with Crippen LogP contribution in [0.2, 0.25) is 0 Å². The third kappa shape index (κ3) is 6.65. The van der Waals surface area contributed by atoms with E-state index in [1.807, 2.05) is 19.2 Å². The first-order valence-electron chi connectivity index (χ1n) is 10.7. The molecule has 0 aliphatic carbocycles. The molecule has 0 atom stereocenters. The van der Waals surface area contributed by atoms with Gasteiger partial charge in [0.15, 0.2) is 17.5 Å². The van der Waals surface area contributed by atoms with Crippen molar-refractivity contribution in [3.63, 3.8) is 0 Å². The highest BCUT2D eigenvalue weighted by atomic mass is 127. The van der Waals surface area contributed by atoms with Gasteiger partial charge in [-0.2, -0.15) is 0 Å². The van der Waals surface area contributed by atoms with E-state index < -0.39 is 0 Å². The maximum Gasteiger partial charge on any atom is 0.203 e. The Kier molecular flexibility index (Phi) is 10.9. The summed E-state index contributed by atoms with van der Waals surface area (Å²) in [7, 11) is 6.75. The van der Waals surface area contributed by atoms with E-state index in [2.05, 4.69) is 50.4 Å². The summed E-state index contributed by atoms with van der Waals surface area (Å²) in [5.41, 5.74) is 2.43. The average Bonchev–Trinajstić information content (AvgIpc) is 2.82. The number of guanidine groups is 1. The molecule has 2 aromatic carbocycles. The summed E-state index contributed by atoms with van der Waals surface area (Å²) in [5.74, 6) is 2.95. The lowest BCUT2D eigenvalue weighted by Gasteiger charge is -2.36. The molecular formula is C24H35IN4O3. The second kappa shape index (κ2) is 13.4. The number of halogens is 1. The van der Waals surface area contributed by atoms with Gasteiger partial charge in [-0.25, -0.2) is 0 Å². The van der Waals surface area contributed by atoms with Gasteiger partial charge in [0.25, 0.3) is 0 Å². The average molecular weight is 554 g/mol. The molecule has 0 unspecified atom stereocenters. The third-order valence-corrected chi connectivity index (χ3v) is 5.60. The summed E-state index contributed by atoms with van der Waals surface area (Å²) in [6.45, 7) is 5.74. The molecule has 176 valence electrons. The number of ether oxygens (including phenoxy) is 3. The number of hydrogen-bond donors (Lipinski definition) is 1. The van der Waals surface area contributed by atoms with Crippen molar-refractivity contribution in [1.29, 1.82) is 0 Å². The molecule has 1 heterocycles.